The van der Waals surface area contributed by atoms with E-state index in [9.17, 15) is 9.59 Å². The van der Waals surface area contributed by atoms with Crippen LogP contribution in [0, 0.1) is 6.92 Å². The van der Waals surface area contributed by atoms with Gasteiger partial charge in [-0.15, -0.1) is 0 Å². The maximum absolute atomic E-state index is 13.3. The zero-order valence-corrected chi connectivity index (χ0v) is 18.6. The number of amides is 2. The first kappa shape index (κ1) is 20.8. The maximum Gasteiger partial charge on any atom is 0.255 e. The number of nitrogens with one attached hydrogen (secondary N) is 2. The summed E-state index contributed by atoms with van der Waals surface area (Å²) < 4.78 is 0. The lowest BCUT2D eigenvalue weighted by Gasteiger charge is -2.26. The SMILES string of the molecule is Cc1[nH]c2ccccc2c1[C@@H]1c2ccccc2C(=O)N1CCC(=O)NCCN1CCCC1. The van der Waals surface area contributed by atoms with Crippen LogP contribution in [0.25, 0.3) is 10.9 Å². The normalized spacial score (nSPS) is 18.5. The summed E-state index contributed by atoms with van der Waals surface area (Å²) >= 11 is 0. The molecule has 1 atom stereocenters. The highest BCUT2D eigenvalue weighted by molar-refractivity contribution is 6.01. The molecule has 2 aliphatic rings. The Morgan fingerprint density at radius 3 is 2.66 bits per heavy atom. The van der Waals surface area contributed by atoms with Crippen LogP contribution in [-0.4, -0.2) is 59.3 Å². The zero-order valence-electron chi connectivity index (χ0n) is 18.6. The Balaban J connectivity index is 1.35. The quantitative estimate of drug-likeness (QED) is 0.602. The largest absolute Gasteiger partial charge is 0.358 e. The molecule has 3 heterocycles. The molecule has 5 rings (SSSR count). The molecule has 0 spiro atoms. The number of likely N-dealkylation sites (tertiary alicyclic amines) is 1. The van der Waals surface area contributed by atoms with E-state index >= 15 is 0 Å². The topological polar surface area (TPSA) is 68.4 Å². The first-order valence-corrected chi connectivity index (χ1v) is 11.6. The Kier molecular flexibility index (Phi) is 5.70. The number of fused-ring (bicyclic) bond motifs is 2. The first-order valence-electron chi connectivity index (χ1n) is 11.6. The second kappa shape index (κ2) is 8.79. The van der Waals surface area contributed by atoms with E-state index in [1.807, 2.05) is 41.3 Å². The molecule has 6 heteroatoms. The summed E-state index contributed by atoms with van der Waals surface area (Å²) in [7, 11) is 0. The van der Waals surface area contributed by atoms with Crippen molar-refractivity contribution in [2.45, 2.75) is 32.2 Å². The lowest BCUT2D eigenvalue weighted by molar-refractivity contribution is -0.121. The number of rotatable bonds is 7. The highest BCUT2D eigenvalue weighted by Gasteiger charge is 2.39. The standard InChI is InChI=1S/C26H30N4O2/c1-18-24(21-10-4-5-11-22(21)28-18)25-19-8-2-3-9-20(19)26(32)30(25)16-12-23(31)27-13-17-29-14-6-7-15-29/h2-5,8-11,25,28H,6-7,12-17H2,1H3,(H,27,31)/t25-/m0/s1. The fourth-order valence-electron chi connectivity index (χ4n) is 5.23. The van der Waals surface area contributed by atoms with Gasteiger partial charge in [-0.25, -0.2) is 0 Å². The van der Waals surface area contributed by atoms with E-state index in [1.165, 1.54) is 12.8 Å². The molecule has 1 aromatic heterocycles. The van der Waals surface area contributed by atoms with E-state index in [2.05, 4.69) is 34.3 Å². The van der Waals surface area contributed by atoms with E-state index in [-0.39, 0.29) is 17.9 Å². The van der Waals surface area contributed by atoms with Crippen molar-refractivity contribution in [1.29, 1.82) is 0 Å². The van der Waals surface area contributed by atoms with Gasteiger partial charge in [0.1, 0.15) is 0 Å². The summed E-state index contributed by atoms with van der Waals surface area (Å²) in [6.45, 7) is 6.27. The summed E-state index contributed by atoms with van der Waals surface area (Å²) in [6, 6.07) is 15.8. The van der Waals surface area contributed by atoms with Crippen LogP contribution in [0.2, 0.25) is 0 Å². The average molecular weight is 431 g/mol. The Labute approximate surface area is 188 Å². The molecule has 0 aliphatic carbocycles. The van der Waals surface area contributed by atoms with E-state index in [1.54, 1.807) is 0 Å². The second-order valence-corrected chi connectivity index (χ2v) is 8.85. The van der Waals surface area contributed by atoms with Gasteiger partial charge in [0, 0.05) is 53.8 Å². The van der Waals surface area contributed by atoms with Crippen molar-refractivity contribution in [3.8, 4) is 0 Å². The molecule has 166 valence electrons. The van der Waals surface area contributed by atoms with Crippen LogP contribution in [0.4, 0.5) is 0 Å². The van der Waals surface area contributed by atoms with Crippen LogP contribution in [0.1, 0.15) is 52.5 Å². The molecule has 1 saturated heterocycles. The van der Waals surface area contributed by atoms with Crippen molar-refractivity contribution in [1.82, 2.24) is 20.1 Å². The molecule has 0 radical (unpaired) electrons. The zero-order chi connectivity index (χ0) is 22.1. The van der Waals surface area contributed by atoms with Gasteiger partial charge in [0.05, 0.1) is 6.04 Å². The van der Waals surface area contributed by atoms with Gasteiger partial charge in [0.25, 0.3) is 5.91 Å². The van der Waals surface area contributed by atoms with Gasteiger partial charge in [-0.1, -0.05) is 36.4 Å². The minimum atomic E-state index is -0.188. The van der Waals surface area contributed by atoms with Gasteiger partial charge in [-0.05, 0) is 50.6 Å². The van der Waals surface area contributed by atoms with Crippen molar-refractivity contribution < 1.29 is 9.59 Å². The number of H-pyrrole nitrogens is 1. The Morgan fingerprint density at radius 1 is 1.06 bits per heavy atom. The number of aryl methyl sites for hydroxylation is 1. The number of para-hydroxylation sites is 1. The van der Waals surface area contributed by atoms with Gasteiger partial charge < -0.3 is 20.1 Å². The van der Waals surface area contributed by atoms with Crippen molar-refractivity contribution in [3.63, 3.8) is 0 Å². The average Bonchev–Trinajstić information content (AvgIpc) is 3.49. The molecule has 0 unspecified atom stereocenters. The van der Waals surface area contributed by atoms with Crippen molar-refractivity contribution in [2.24, 2.45) is 0 Å². The van der Waals surface area contributed by atoms with Crippen LogP contribution in [0.15, 0.2) is 48.5 Å². The fourth-order valence-corrected chi connectivity index (χ4v) is 5.23. The Hall–Kier alpha value is -3.12. The lowest BCUT2D eigenvalue weighted by Crippen LogP contribution is -2.36. The third-order valence-electron chi connectivity index (χ3n) is 6.80. The lowest BCUT2D eigenvalue weighted by atomic mass is 9.95. The van der Waals surface area contributed by atoms with Gasteiger partial charge in [0.2, 0.25) is 5.91 Å². The number of benzene rings is 2. The van der Waals surface area contributed by atoms with E-state index in [4.69, 9.17) is 0 Å². The number of aromatic nitrogens is 1. The number of hydrogen-bond acceptors (Lipinski definition) is 3. The number of carbonyl (C=O) groups is 2. The van der Waals surface area contributed by atoms with Crippen molar-refractivity contribution in [3.05, 3.63) is 70.9 Å². The minimum Gasteiger partial charge on any atom is -0.358 e. The van der Waals surface area contributed by atoms with Gasteiger partial charge in [-0.2, -0.15) is 0 Å². The van der Waals surface area contributed by atoms with Crippen LogP contribution >= 0.6 is 0 Å². The van der Waals surface area contributed by atoms with E-state index in [0.29, 0.717) is 19.5 Å². The van der Waals surface area contributed by atoms with Crippen LogP contribution in [-0.2, 0) is 4.79 Å². The van der Waals surface area contributed by atoms with Crippen LogP contribution < -0.4 is 5.32 Å². The van der Waals surface area contributed by atoms with E-state index < -0.39 is 0 Å². The number of carbonyl (C=O) groups excluding carboxylic acids is 2. The monoisotopic (exact) mass is 430 g/mol. The molecule has 2 amide bonds. The fraction of sp³-hybridized carbons (Fsp3) is 0.385. The minimum absolute atomic E-state index is 0.000137. The van der Waals surface area contributed by atoms with Gasteiger partial charge >= 0.3 is 0 Å². The molecular weight excluding hydrogens is 400 g/mol. The third-order valence-corrected chi connectivity index (χ3v) is 6.80. The predicted molar refractivity (Wildman–Crippen MR) is 126 cm³/mol. The predicted octanol–water partition coefficient (Wildman–Crippen LogP) is 3.62. The molecular formula is C26H30N4O2. The molecule has 32 heavy (non-hydrogen) atoms. The summed E-state index contributed by atoms with van der Waals surface area (Å²) in [5.74, 6) is 0.00231. The molecule has 2 N–H and O–H groups in total. The molecule has 3 aromatic rings. The third kappa shape index (κ3) is 3.79. The molecule has 1 fully saturated rings. The van der Waals surface area contributed by atoms with Crippen molar-refractivity contribution >= 4 is 22.7 Å². The smallest absolute Gasteiger partial charge is 0.255 e. The van der Waals surface area contributed by atoms with E-state index in [0.717, 1.165) is 52.9 Å². The highest BCUT2D eigenvalue weighted by atomic mass is 16.2. The maximum atomic E-state index is 13.3. The highest BCUT2D eigenvalue weighted by Crippen LogP contribution is 2.42. The summed E-state index contributed by atoms with van der Waals surface area (Å²) in [5.41, 5.74) is 4.99. The summed E-state index contributed by atoms with van der Waals surface area (Å²) in [5, 5.41) is 4.16. The molecule has 6 nitrogen and oxygen atoms in total. The molecule has 0 saturated carbocycles. The Bertz CT molecular complexity index is 1150. The summed E-state index contributed by atoms with van der Waals surface area (Å²) in [4.78, 5) is 33.6. The molecule has 2 aromatic carbocycles. The number of aromatic amines is 1. The molecule has 0 bridgehead atoms. The number of hydrogen-bond donors (Lipinski definition) is 2. The van der Waals surface area contributed by atoms with Crippen LogP contribution in [0.5, 0.6) is 0 Å². The van der Waals surface area contributed by atoms with Crippen LogP contribution in [0.3, 0.4) is 0 Å². The molecule has 2 aliphatic heterocycles. The number of nitrogens with zero attached hydrogens (tertiary/aromatic N) is 2. The van der Waals surface area contributed by atoms with Crippen molar-refractivity contribution in [2.75, 3.05) is 32.7 Å². The van der Waals surface area contributed by atoms with Gasteiger partial charge in [0.15, 0.2) is 0 Å². The summed E-state index contributed by atoms with van der Waals surface area (Å²) in [6.07, 6.45) is 2.80. The first-order chi connectivity index (χ1) is 15.6. The van der Waals surface area contributed by atoms with Gasteiger partial charge in [-0.3, -0.25) is 9.59 Å². The second-order valence-electron chi connectivity index (χ2n) is 8.85. The Morgan fingerprint density at radius 2 is 1.81 bits per heavy atom.